The molecule has 8 heteroatoms. The molecule has 0 aliphatic carbocycles. The maximum Gasteiger partial charge on any atom is 0.250 e. The highest BCUT2D eigenvalue weighted by molar-refractivity contribution is 5.99. The van der Waals surface area contributed by atoms with Crippen molar-refractivity contribution >= 4 is 16.6 Å². The lowest BCUT2D eigenvalue weighted by Crippen LogP contribution is -2.36. The third-order valence-corrected chi connectivity index (χ3v) is 5.40. The number of H-pyrrole nitrogens is 1. The molecule has 152 valence electrons. The summed E-state index contributed by atoms with van der Waals surface area (Å²) in [6, 6.07) is 12.6. The van der Waals surface area contributed by atoms with Gasteiger partial charge in [0.15, 0.2) is 0 Å². The summed E-state index contributed by atoms with van der Waals surface area (Å²) in [5.74, 6) is 0.207. The summed E-state index contributed by atoms with van der Waals surface area (Å²) >= 11 is 0. The van der Waals surface area contributed by atoms with Gasteiger partial charge in [0.1, 0.15) is 11.4 Å². The lowest BCUT2D eigenvalue weighted by molar-refractivity contribution is 0.123. The van der Waals surface area contributed by atoms with Crippen LogP contribution >= 0.6 is 0 Å². The number of ether oxygens (including phenoxy) is 1. The van der Waals surface area contributed by atoms with E-state index >= 15 is 0 Å². The Labute approximate surface area is 172 Å². The Bertz CT molecular complexity index is 1290. The number of nitrogens with one attached hydrogen (secondary N) is 1. The number of phenolic OH excluding ortho intramolecular Hbond substituents is 1. The maximum absolute atomic E-state index is 12.5. The van der Waals surface area contributed by atoms with Gasteiger partial charge < -0.3 is 19.7 Å². The van der Waals surface area contributed by atoms with E-state index in [1.165, 1.54) is 0 Å². The highest BCUT2D eigenvalue weighted by Crippen LogP contribution is 2.31. The Morgan fingerprint density at radius 1 is 1.10 bits per heavy atom. The van der Waals surface area contributed by atoms with Crippen LogP contribution in [0.5, 0.6) is 5.75 Å². The van der Waals surface area contributed by atoms with E-state index < -0.39 is 0 Å². The molecule has 1 aliphatic heterocycles. The predicted molar refractivity (Wildman–Crippen MR) is 114 cm³/mol. The summed E-state index contributed by atoms with van der Waals surface area (Å²) in [4.78, 5) is 17.6. The molecule has 0 radical (unpaired) electrons. The average Bonchev–Trinajstić information content (AvgIpc) is 3.23. The number of morpholine rings is 1. The number of phenols is 1. The fourth-order valence-electron chi connectivity index (χ4n) is 3.94. The average molecular weight is 403 g/mol. The molecule has 1 fully saturated rings. The van der Waals surface area contributed by atoms with Crippen LogP contribution in [0.4, 0.5) is 5.69 Å². The summed E-state index contributed by atoms with van der Waals surface area (Å²) in [6.07, 6.45) is 1.83. The SMILES string of the molecule is Cc1cc(O)ccc1-n1cc(-c2cccc3c(N4CCOCC4)cc(=O)[nH]c23)nn1. The lowest BCUT2D eigenvalue weighted by Gasteiger charge is -2.29. The van der Waals surface area contributed by atoms with E-state index in [1.807, 2.05) is 31.3 Å². The van der Waals surface area contributed by atoms with Crippen molar-refractivity contribution in [2.45, 2.75) is 6.92 Å². The Balaban J connectivity index is 1.63. The standard InChI is InChI=1S/C22H21N5O3/c1-14-11-15(28)5-6-19(14)27-13-18(24-25-27)16-3-2-4-17-20(12-21(29)23-22(16)17)26-7-9-30-10-8-26/h2-6,11-13,28H,7-10H2,1H3,(H,23,29). The summed E-state index contributed by atoms with van der Waals surface area (Å²) in [6.45, 7) is 4.70. The van der Waals surface area contributed by atoms with Gasteiger partial charge in [-0.3, -0.25) is 4.79 Å². The molecule has 0 unspecified atom stereocenters. The number of hydrogen-bond acceptors (Lipinski definition) is 6. The van der Waals surface area contributed by atoms with E-state index in [1.54, 1.807) is 28.9 Å². The summed E-state index contributed by atoms with van der Waals surface area (Å²) in [5, 5.41) is 19.2. The normalized spacial score (nSPS) is 14.4. The molecule has 5 rings (SSSR count). The molecule has 2 aromatic heterocycles. The minimum Gasteiger partial charge on any atom is -0.508 e. The number of pyridine rings is 1. The van der Waals surface area contributed by atoms with Gasteiger partial charge >= 0.3 is 0 Å². The second-order valence-corrected chi connectivity index (χ2v) is 7.37. The summed E-state index contributed by atoms with van der Waals surface area (Å²) in [7, 11) is 0. The lowest BCUT2D eigenvalue weighted by atomic mass is 10.1. The van der Waals surface area contributed by atoms with Crippen molar-refractivity contribution in [3.63, 3.8) is 0 Å². The second-order valence-electron chi connectivity index (χ2n) is 7.37. The number of aryl methyl sites for hydroxylation is 1. The molecule has 0 atom stereocenters. The molecule has 1 saturated heterocycles. The number of anilines is 1. The molecular weight excluding hydrogens is 382 g/mol. The van der Waals surface area contributed by atoms with Crippen LogP contribution in [-0.4, -0.2) is 51.4 Å². The van der Waals surface area contributed by atoms with E-state index in [2.05, 4.69) is 20.2 Å². The van der Waals surface area contributed by atoms with Crippen LogP contribution < -0.4 is 10.5 Å². The van der Waals surface area contributed by atoms with Crippen LogP contribution in [0.25, 0.3) is 27.8 Å². The van der Waals surface area contributed by atoms with E-state index in [4.69, 9.17) is 4.74 Å². The monoisotopic (exact) mass is 403 g/mol. The fraction of sp³-hybridized carbons (Fsp3) is 0.227. The first kappa shape index (κ1) is 18.4. The number of aromatic nitrogens is 4. The van der Waals surface area contributed by atoms with Gasteiger partial charge in [-0.15, -0.1) is 5.10 Å². The molecule has 0 bridgehead atoms. The van der Waals surface area contributed by atoms with Gasteiger partial charge in [0, 0.05) is 30.1 Å². The molecule has 8 nitrogen and oxygen atoms in total. The molecule has 3 heterocycles. The maximum atomic E-state index is 12.5. The van der Waals surface area contributed by atoms with Gasteiger partial charge in [0.25, 0.3) is 5.56 Å². The Morgan fingerprint density at radius 3 is 2.73 bits per heavy atom. The zero-order valence-corrected chi connectivity index (χ0v) is 16.5. The molecule has 1 aliphatic rings. The number of nitrogens with zero attached hydrogens (tertiary/aromatic N) is 4. The van der Waals surface area contributed by atoms with Crippen molar-refractivity contribution < 1.29 is 9.84 Å². The molecule has 2 aromatic carbocycles. The number of benzene rings is 2. The second kappa shape index (κ2) is 7.31. The smallest absolute Gasteiger partial charge is 0.250 e. The van der Waals surface area contributed by atoms with Gasteiger partial charge in [0.05, 0.1) is 36.3 Å². The third-order valence-electron chi connectivity index (χ3n) is 5.40. The van der Waals surface area contributed by atoms with Crippen LogP contribution in [0.15, 0.2) is 53.5 Å². The Kier molecular flexibility index (Phi) is 4.48. The third kappa shape index (κ3) is 3.21. The molecule has 2 N–H and O–H groups in total. The van der Waals surface area contributed by atoms with E-state index in [0.717, 1.165) is 46.5 Å². The zero-order valence-electron chi connectivity index (χ0n) is 16.5. The number of hydrogen-bond donors (Lipinski definition) is 2. The predicted octanol–water partition coefficient (Wildman–Crippen LogP) is 2.63. The van der Waals surface area contributed by atoms with E-state index in [9.17, 15) is 9.90 Å². The molecule has 0 spiro atoms. The molecule has 4 aromatic rings. The van der Waals surface area contributed by atoms with Gasteiger partial charge in [-0.05, 0) is 30.7 Å². The van der Waals surface area contributed by atoms with Gasteiger partial charge in [0.2, 0.25) is 0 Å². The largest absolute Gasteiger partial charge is 0.508 e. The first-order valence-corrected chi connectivity index (χ1v) is 9.81. The highest BCUT2D eigenvalue weighted by Gasteiger charge is 2.18. The van der Waals surface area contributed by atoms with Gasteiger partial charge in [-0.1, -0.05) is 23.4 Å². The quantitative estimate of drug-likeness (QED) is 0.546. The van der Waals surface area contributed by atoms with Crippen LogP contribution in [0.3, 0.4) is 0 Å². The fourth-order valence-corrected chi connectivity index (χ4v) is 3.94. The minimum atomic E-state index is -0.154. The molecular formula is C22H21N5O3. The van der Waals surface area contributed by atoms with Crippen molar-refractivity contribution in [1.29, 1.82) is 0 Å². The zero-order chi connectivity index (χ0) is 20.7. The van der Waals surface area contributed by atoms with Crippen molar-refractivity contribution in [2.24, 2.45) is 0 Å². The van der Waals surface area contributed by atoms with Crippen LogP contribution in [0.1, 0.15) is 5.56 Å². The van der Waals surface area contributed by atoms with Crippen LogP contribution in [-0.2, 0) is 4.74 Å². The summed E-state index contributed by atoms with van der Waals surface area (Å²) < 4.78 is 7.13. The van der Waals surface area contributed by atoms with E-state index in [-0.39, 0.29) is 11.3 Å². The number of aromatic amines is 1. The number of fused-ring (bicyclic) bond motifs is 1. The van der Waals surface area contributed by atoms with Crippen molar-refractivity contribution in [3.8, 4) is 22.7 Å². The van der Waals surface area contributed by atoms with E-state index in [0.29, 0.717) is 18.9 Å². The van der Waals surface area contributed by atoms with Gasteiger partial charge in [-0.25, -0.2) is 4.68 Å². The number of rotatable bonds is 3. The topological polar surface area (TPSA) is 96.3 Å². The minimum absolute atomic E-state index is 0.154. The number of aromatic hydroxyl groups is 1. The van der Waals surface area contributed by atoms with Crippen LogP contribution in [0.2, 0.25) is 0 Å². The molecule has 30 heavy (non-hydrogen) atoms. The highest BCUT2D eigenvalue weighted by atomic mass is 16.5. The first-order chi connectivity index (χ1) is 14.6. The molecule has 0 saturated carbocycles. The number of para-hydroxylation sites is 1. The van der Waals surface area contributed by atoms with Crippen molar-refractivity contribution in [1.82, 2.24) is 20.0 Å². The first-order valence-electron chi connectivity index (χ1n) is 9.81. The Morgan fingerprint density at radius 2 is 1.93 bits per heavy atom. The van der Waals surface area contributed by atoms with Crippen LogP contribution in [0, 0.1) is 6.92 Å². The van der Waals surface area contributed by atoms with Crippen molar-refractivity contribution in [3.05, 3.63) is 64.6 Å². The van der Waals surface area contributed by atoms with Gasteiger partial charge in [-0.2, -0.15) is 0 Å². The van der Waals surface area contributed by atoms with Crippen molar-refractivity contribution in [2.75, 3.05) is 31.2 Å². The molecule has 0 amide bonds. The summed E-state index contributed by atoms with van der Waals surface area (Å²) in [5.41, 5.74) is 4.66. The Hall–Kier alpha value is -3.65.